The van der Waals surface area contributed by atoms with Crippen LogP contribution >= 0.6 is 0 Å². The van der Waals surface area contributed by atoms with Crippen LogP contribution in [-0.4, -0.2) is 78.7 Å². The monoisotopic (exact) mass is 450 g/mol. The van der Waals surface area contributed by atoms with Crippen molar-refractivity contribution < 1.29 is 9.53 Å². The van der Waals surface area contributed by atoms with E-state index in [0.717, 1.165) is 30.2 Å². The van der Waals surface area contributed by atoms with Gasteiger partial charge in [0.25, 0.3) is 5.91 Å². The Hall–Kier alpha value is -2.71. The fourth-order valence-corrected chi connectivity index (χ4v) is 4.67. The number of nitrogens with zero attached hydrogens (tertiary/aromatic N) is 5. The molecule has 2 aromatic rings. The molecule has 8 nitrogen and oxygen atoms in total. The summed E-state index contributed by atoms with van der Waals surface area (Å²) in [6.07, 6.45) is 4.02. The molecule has 0 radical (unpaired) electrons. The molecule has 3 heterocycles. The van der Waals surface area contributed by atoms with Crippen molar-refractivity contribution in [2.24, 2.45) is 0 Å². The Labute approximate surface area is 195 Å². The van der Waals surface area contributed by atoms with Gasteiger partial charge in [0.1, 0.15) is 11.5 Å². The van der Waals surface area contributed by atoms with Gasteiger partial charge in [-0.3, -0.25) is 4.79 Å². The van der Waals surface area contributed by atoms with Gasteiger partial charge in [-0.05, 0) is 57.5 Å². The highest BCUT2D eigenvalue weighted by Crippen LogP contribution is 2.37. The van der Waals surface area contributed by atoms with Gasteiger partial charge in [-0.2, -0.15) is 4.98 Å². The average molecular weight is 451 g/mol. The van der Waals surface area contributed by atoms with Gasteiger partial charge in [0.2, 0.25) is 5.95 Å². The van der Waals surface area contributed by atoms with Crippen molar-refractivity contribution in [2.45, 2.75) is 44.8 Å². The van der Waals surface area contributed by atoms with Gasteiger partial charge < -0.3 is 24.8 Å². The number of nitrogens with one attached hydrogen (secondary N) is 1. The zero-order valence-corrected chi connectivity index (χ0v) is 19.9. The zero-order valence-electron chi connectivity index (χ0n) is 19.9. The van der Waals surface area contributed by atoms with E-state index in [0.29, 0.717) is 43.8 Å². The van der Waals surface area contributed by atoms with Crippen LogP contribution in [0.5, 0.6) is 0 Å². The summed E-state index contributed by atoms with van der Waals surface area (Å²) in [5.41, 5.74) is 3.80. The molecule has 1 atom stereocenters. The Morgan fingerprint density at radius 3 is 2.64 bits per heavy atom. The molecule has 0 bridgehead atoms. The van der Waals surface area contributed by atoms with E-state index in [1.165, 1.54) is 24.8 Å². The molecule has 1 N–H and O–H groups in total. The SMILES string of the molecule is C[C@@H]1CN(c2nc(Nc3ccc(C4CCC4)cc3)c3c(n2)C(=O)N(CCN(C)C)C3)CCO1. The first-order valence-electron chi connectivity index (χ1n) is 12.1. The highest BCUT2D eigenvalue weighted by molar-refractivity contribution is 5.98. The van der Waals surface area contributed by atoms with Crippen LogP contribution in [-0.2, 0) is 11.3 Å². The first-order valence-corrected chi connectivity index (χ1v) is 12.1. The number of likely N-dealkylation sites (N-methyl/N-ethyl adjacent to an activating group) is 1. The smallest absolute Gasteiger partial charge is 0.273 e. The van der Waals surface area contributed by atoms with Gasteiger partial charge in [-0.25, -0.2) is 4.98 Å². The number of benzene rings is 1. The Bertz CT molecular complexity index is 1000. The fourth-order valence-electron chi connectivity index (χ4n) is 4.67. The normalized spacial score (nSPS) is 20.8. The molecule has 1 saturated carbocycles. The summed E-state index contributed by atoms with van der Waals surface area (Å²) in [6.45, 7) is 6.13. The fraction of sp³-hybridized carbons (Fsp3) is 0.560. The number of rotatable bonds is 7. The molecule has 2 aliphatic heterocycles. The van der Waals surface area contributed by atoms with E-state index in [4.69, 9.17) is 14.7 Å². The molecular formula is C25H34N6O2. The van der Waals surface area contributed by atoms with Gasteiger partial charge in [0.05, 0.1) is 19.3 Å². The number of hydrogen-bond donors (Lipinski definition) is 1. The van der Waals surface area contributed by atoms with Gasteiger partial charge in [-0.15, -0.1) is 0 Å². The van der Waals surface area contributed by atoms with Crippen LogP contribution in [0.2, 0.25) is 0 Å². The molecule has 8 heteroatoms. The van der Waals surface area contributed by atoms with Gasteiger partial charge >= 0.3 is 0 Å². The molecule has 1 amide bonds. The first kappa shape index (κ1) is 22.1. The van der Waals surface area contributed by atoms with Crippen molar-refractivity contribution >= 4 is 23.4 Å². The maximum absolute atomic E-state index is 13.2. The third-order valence-electron chi connectivity index (χ3n) is 6.93. The highest BCUT2D eigenvalue weighted by atomic mass is 16.5. The summed E-state index contributed by atoms with van der Waals surface area (Å²) >= 11 is 0. The molecular weight excluding hydrogens is 416 g/mol. The second-order valence-electron chi connectivity index (χ2n) is 9.73. The minimum Gasteiger partial charge on any atom is -0.375 e. The molecule has 1 aromatic heterocycles. The number of fused-ring (bicyclic) bond motifs is 1. The van der Waals surface area contributed by atoms with Crippen LogP contribution in [0.4, 0.5) is 17.5 Å². The van der Waals surface area contributed by atoms with Crippen molar-refractivity contribution in [1.29, 1.82) is 0 Å². The molecule has 176 valence electrons. The van der Waals surface area contributed by atoms with E-state index < -0.39 is 0 Å². The van der Waals surface area contributed by atoms with Crippen LogP contribution in [0, 0.1) is 0 Å². The molecule has 0 spiro atoms. The summed E-state index contributed by atoms with van der Waals surface area (Å²) in [5, 5.41) is 3.50. The number of carbonyl (C=O) groups excluding carboxylic acids is 1. The standard InChI is InChI=1S/C25H34N6O2/c1-17-15-31(13-14-33-17)25-27-22-21(16-30(24(22)32)12-11-29(2)3)23(28-25)26-20-9-7-19(8-10-20)18-5-4-6-18/h7-10,17-18H,4-6,11-16H2,1-3H3,(H,26,27,28)/t17-/m1/s1. The molecule has 1 aromatic carbocycles. The number of hydrogen-bond acceptors (Lipinski definition) is 7. The predicted molar refractivity (Wildman–Crippen MR) is 129 cm³/mol. The number of ether oxygens (including phenoxy) is 1. The molecule has 1 aliphatic carbocycles. The topological polar surface area (TPSA) is 73.8 Å². The van der Waals surface area contributed by atoms with Crippen LogP contribution in [0.1, 0.15) is 53.7 Å². The lowest BCUT2D eigenvalue weighted by Crippen LogP contribution is -2.42. The minimum absolute atomic E-state index is 0.0137. The van der Waals surface area contributed by atoms with Crippen LogP contribution in [0.25, 0.3) is 0 Å². The van der Waals surface area contributed by atoms with Crippen molar-refractivity contribution in [3.05, 3.63) is 41.1 Å². The Balaban J connectivity index is 1.44. The number of aromatic nitrogens is 2. The maximum Gasteiger partial charge on any atom is 0.273 e. The van der Waals surface area contributed by atoms with Crippen molar-refractivity contribution in [2.75, 3.05) is 57.1 Å². The number of amides is 1. The van der Waals surface area contributed by atoms with E-state index in [2.05, 4.69) is 46.3 Å². The molecule has 0 unspecified atom stereocenters. The van der Waals surface area contributed by atoms with E-state index in [1.54, 1.807) is 0 Å². The second-order valence-corrected chi connectivity index (χ2v) is 9.73. The minimum atomic E-state index is -0.0137. The molecule has 1 saturated heterocycles. The lowest BCUT2D eigenvalue weighted by Gasteiger charge is -2.31. The molecule has 3 aliphatic rings. The average Bonchev–Trinajstić information content (AvgIpc) is 3.08. The van der Waals surface area contributed by atoms with E-state index in [9.17, 15) is 4.79 Å². The molecule has 33 heavy (non-hydrogen) atoms. The van der Waals surface area contributed by atoms with E-state index in [-0.39, 0.29) is 12.0 Å². The predicted octanol–water partition coefficient (Wildman–Crippen LogP) is 3.23. The molecule has 5 rings (SSSR count). The third kappa shape index (κ3) is 4.68. The zero-order chi connectivity index (χ0) is 22.9. The number of morpholine rings is 1. The van der Waals surface area contributed by atoms with Crippen molar-refractivity contribution in [3.63, 3.8) is 0 Å². The summed E-state index contributed by atoms with van der Waals surface area (Å²) < 4.78 is 5.69. The Morgan fingerprint density at radius 1 is 1.18 bits per heavy atom. The summed E-state index contributed by atoms with van der Waals surface area (Å²) in [6, 6.07) is 8.68. The van der Waals surface area contributed by atoms with Crippen molar-refractivity contribution in [3.8, 4) is 0 Å². The third-order valence-corrected chi connectivity index (χ3v) is 6.93. The summed E-state index contributed by atoms with van der Waals surface area (Å²) in [7, 11) is 4.04. The lowest BCUT2D eigenvalue weighted by molar-refractivity contribution is 0.0526. The van der Waals surface area contributed by atoms with Gasteiger partial charge in [0.15, 0.2) is 0 Å². The number of anilines is 3. The number of carbonyl (C=O) groups is 1. The van der Waals surface area contributed by atoms with E-state index in [1.807, 2.05) is 19.0 Å². The van der Waals surface area contributed by atoms with Gasteiger partial charge in [-0.1, -0.05) is 18.6 Å². The van der Waals surface area contributed by atoms with Gasteiger partial charge in [0, 0.05) is 37.4 Å². The Kier molecular flexibility index (Phi) is 6.21. The quantitative estimate of drug-likeness (QED) is 0.694. The molecule has 2 fully saturated rings. The van der Waals surface area contributed by atoms with Crippen LogP contribution < -0.4 is 10.2 Å². The van der Waals surface area contributed by atoms with Crippen LogP contribution in [0.15, 0.2) is 24.3 Å². The summed E-state index contributed by atoms with van der Waals surface area (Å²) in [5.74, 6) is 2.02. The largest absolute Gasteiger partial charge is 0.375 e. The Morgan fingerprint density at radius 2 is 1.97 bits per heavy atom. The lowest BCUT2D eigenvalue weighted by atomic mass is 9.80. The van der Waals surface area contributed by atoms with Crippen LogP contribution in [0.3, 0.4) is 0 Å². The maximum atomic E-state index is 13.2. The summed E-state index contributed by atoms with van der Waals surface area (Å²) in [4.78, 5) is 28.9. The highest BCUT2D eigenvalue weighted by Gasteiger charge is 2.34. The second kappa shape index (κ2) is 9.27. The first-order chi connectivity index (χ1) is 16.0. The van der Waals surface area contributed by atoms with E-state index >= 15 is 0 Å². The van der Waals surface area contributed by atoms with Crippen molar-refractivity contribution in [1.82, 2.24) is 19.8 Å².